The van der Waals surface area contributed by atoms with E-state index in [1.54, 1.807) is 0 Å². The van der Waals surface area contributed by atoms with Crippen LogP contribution in [0.25, 0.3) is 0 Å². The first-order valence-electron chi connectivity index (χ1n) is 3.55. The zero-order valence-corrected chi connectivity index (χ0v) is 6.59. The minimum absolute atomic E-state index is 0.299. The van der Waals surface area contributed by atoms with Crippen molar-refractivity contribution < 1.29 is 0 Å². The van der Waals surface area contributed by atoms with Gasteiger partial charge in [0.2, 0.25) is 0 Å². The Balaban J connectivity index is 3.56. The molecule has 0 aromatic carbocycles. The maximum absolute atomic E-state index is 8.27. The van der Waals surface area contributed by atoms with E-state index in [2.05, 4.69) is 18.9 Å². The summed E-state index contributed by atoms with van der Waals surface area (Å²) in [7, 11) is 0. The molecule has 0 bridgehead atoms. The van der Waals surface area contributed by atoms with E-state index in [0.717, 1.165) is 6.42 Å². The quantitative estimate of drug-likeness (QED) is 0.544. The highest BCUT2D eigenvalue weighted by Crippen LogP contribution is 2.14. The molecule has 0 aliphatic carbocycles. The molecular weight excluding hydrogens is 122 g/mol. The lowest BCUT2D eigenvalue weighted by Gasteiger charge is -2.11. The summed E-state index contributed by atoms with van der Waals surface area (Å²) >= 11 is 0. The van der Waals surface area contributed by atoms with Crippen LogP contribution in [-0.4, -0.2) is 0 Å². The SMILES string of the molecule is C#CC(C)C(C)CCC#N. The van der Waals surface area contributed by atoms with Crippen LogP contribution in [0.3, 0.4) is 0 Å². The van der Waals surface area contributed by atoms with Crippen LogP contribution < -0.4 is 0 Å². The average molecular weight is 135 g/mol. The normalized spacial score (nSPS) is 14.8. The first kappa shape index (κ1) is 9.05. The molecular formula is C9H13N. The van der Waals surface area contributed by atoms with E-state index in [-0.39, 0.29) is 0 Å². The van der Waals surface area contributed by atoms with Crippen LogP contribution in [0.15, 0.2) is 0 Å². The first-order valence-corrected chi connectivity index (χ1v) is 3.55. The van der Waals surface area contributed by atoms with Crippen LogP contribution in [0.2, 0.25) is 0 Å². The summed E-state index contributed by atoms with van der Waals surface area (Å²) in [6.07, 6.45) is 6.75. The van der Waals surface area contributed by atoms with E-state index >= 15 is 0 Å². The Bertz CT molecular complexity index is 159. The lowest BCUT2D eigenvalue weighted by Crippen LogP contribution is -2.04. The van der Waals surface area contributed by atoms with E-state index in [9.17, 15) is 0 Å². The van der Waals surface area contributed by atoms with Gasteiger partial charge in [-0.2, -0.15) is 5.26 Å². The standard InChI is InChI=1S/C9H13N/c1-4-8(2)9(3)6-5-7-10/h1,8-9H,5-6H2,2-3H3. The Morgan fingerprint density at radius 2 is 2.10 bits per heavy atom. The minimum atomic E-state index is 0.299. The lowest BCUT2D eigenvalue weighted by atomic mass is 9.93. The Morgan fingerprint density at radius 3 is 2.50 bits per heavy atom. The van der Waals surface area contributed by atoms with Crippen LogP contribution in [0, 0.1) is 35.5 Å². The van der Waals surface area contributed by atoms with Crippen molar-refractivity contribution in [1.82, 2.24) is 0 Å². The van der Waals surface area contributed by atoms with E-state index in [1.165, 1.54) is 0 Å². The van der Waals surface area contributed by atoms with Crippen molar-refractivity contribution in [2.45, 2.75) is 26.7 Å². The third kappa shape index (κ3) is 3.15. The molecule has 2 atom stereocenters. The van der Waals surface area contributed by atoms with Gasteiger partial charge in [0.15, 0.2) is 0 Å². The zero-order valence-electron chi connectivity index (χ0n) is 6.59. The lowest BCUT2D eigenvalue weighted by molar-refractivity contribution is 0.445. The van der Waals surface area contributed by atoms with Crippen molar-refractivity contribution in [2.24, 2.45) is 11.8 Å². The second-order valence-corrected chi connectivity index (χ2v) is 2.63. The van der Waals surface area contributed by atoms with Gasteiger partial charge in [-0.05, 0) is 12.3 Å². The summed E-state index contributed by atoms with van der Waals surface area (Å²) in [6, 6.07) is 2.11. The summed E-state index contributed by atoms with van der Waals surface area (Å²) in [5.74, 6) is 3.44. The molecule has 0 radical (unpaired) electrons. The summed E-state index contributed by atoms with van der Waals surface area (Å²) in [4.78, 5) is 0. The van der Waals surface area contributed by atoms with Crippen molar-refractivity contribution >= 4 is 0 Å². The smallest absolute Gasteiger partial charge is 0.0621 e. The van der Waals surface area contributed by atoms with Gasteiger partial charge < -0.3 is 0 Å². The first-order chi connectivity index (χ1) is 4.72. The molecule has 1 nitrogen and oxygen atoms in total. The van der Waals surface area contributed by atoms with Crippen LogP contribution in [0.4, 0.5) is 0 Å². The number of terminal acetylenes is 1. The molecule has 1 heteroatoms. The highest BCUT2D eigenvalue weighted by atomic mass is 14.2. The molecule has 0 heterocycles. The van der Waals surface area contributed by atoms with Crippen LogP contribution >= 0.6 is 0 Å². The Labute approximate surface area is 63.1 Å². The molecule has 0 spiro atoms. The van der Waals surface area contributed by atoms with Crippen molar-refractivity contribution in [2.75, 3.05) is 0 Å². The van der Waals surface area contributed by atoms with Crippen LogP contribution in [-0.2, 0) is 0 Å². The van der Waals surface area contributed by atoms with E-state index in [4.69, 9.17) is 11.7 Å². The molecule has 0 saturated carbocycles. The molecule has 0 aromatic heterocycles. The van der Waals surface area contributed by atoms with Gasteiger partial charge in [0.05, 0.1) is 6.07 Å². The summed E-state index contributed by atoms with van der Waals surface area (Å²) in [5.41, 5.74) is 0. The average Bonchev–Trinajstić information content (AvgIpc) is 1.98. The molecule has 0 fully saturated rings. The summed E-state index contributed by atoms with van der Waals surface area (Å²) in [5, 5.41) is 8.27. The van der Waals surface area contributed by atoms with Gasteiger partial charge >= 0.3 is 0 Å². The molecule has 0 aliphatic heterocycles. The number of nitriles is 1. The van der Waals surface area contributed by atoms with Gasteiger partial charge in [0.1, 0.15) is 0 Å². The zero-order chi connectivity index (χ0) is 7.98. The number of nitrogens with zero attached hydrogens (tertiary/aromatic N) is 1. The van der Waals surface area contributed by atoms with Gasteiger partial charge in [-0.3, -0.25) is 0 Å². The molecule has 0 aromatic rings. The second-order valence-electron chi connectivity index (χ2n) is 2.63. The fraction of sp³-hybridized carbons (Fsp3) is 0.667. The molecule has 54 valence electrons. The van der Waals surface area contributed by atoms with Crippen molar-refractivity contribution in [3.8, 4) is 18.4 Å². The third-order valence-electron chi connectivity index (χ3n) is 1.83. The number of hydrogen-bond donors (Lipinski definition) is 0. The molecule has 0 saturated heterocycles. The summed E-state index contributed by atoms with van der Waals surface area (Å²) < 4.78 is 0. The van der Waals surface area contributed by atoms with E-state index in [0.29, 0.717) is 18.3 Å². The second kappa shape index (κ2) is 4.89. The molecule has 2 unspecified atom stereocenters. The van der Waals surface area contributed by atoms with Crippen molar-refractivity contribution in [3.05, 3.63) is 0 Å². The topological polar surface area (TPSA) is 23.8 Å². The third-order valence-corrected chi connectivity index (χ3v) is 1.83. The fourth-order valence-electron chi connectivity index (χ4n) is 0.706. The number of rotatable bonds is 3. The van der Waals surface area contributed by atoms with Gasteiger partial charge in [-0.15, -0.1) is 12.3 Å². The largest absolute Gasteiger partial charge is 0.198 e. The monoisotopic (exact) mass is 135 g/mol. The predicted molar refractivity (Wildman–Crippen MR) is 42.0 cm³/mol. The molecule has 0 amide bonds. The highest BCUT2D eigenvalue weighted by Gasteiger charge is 2.07. The van der Waals surface area contributed by atoms with Gasteiger partial charge in [0.25, 0.3) is 0 Å². The van der Waals surface area contributed by atoms with E-state index in [1.807, 2.05) is 6.92 Å². The minimum Gasteiger partial charge on any atom is -0.198 e. The summed E-state index contributed by atoms with van der Waals surface area (Å²) in [6.45, 7) is 4.10. The molecule has 0 aliphatic rings. The predicted octanol–water partition coefficient (Wildman–Crippen LogP) is 2.20. The Hall–Kier alpha value is -0.950. The molecule has 0 rings (SSSR count). The molecule has 0 N–H and O–H groups in total. The number of hydrogen-bond acceptors (Lipinski definition) is 1. The van der Waals surface area contributed by atoms with Gasteiger partial charge in [-0.25, -0.2) is 0 Å². The van der Waals surface area contributed by atoms with Crippen LogP contribution in [0.5, 0.6) is 0 Å². The maximum Gasteiger partial charge on any atom is 0.0621 e. The van der Waals surface area contributed by atoms with E-state index < -0.39 is 0 Å². The van der Waals surface area contributed by atoms with Crippen LogP contribution in [0.1, 0.15) is 26.7 Å². The van der Waals surface area contributed by atoms with Gasteiger partial charge in [-0.1, -0.05) is 13.8 Å². The Kier molecular flexibility index (Phi) is 4.42. The van der Waals surface area contributed by atoms with Crippen molar-refractivity contribution in [1.29, 1.82) is 5.26 Å². The van der Waals surface area contributed by atoms with Crippen molar-refractivity contribution in [3.63, 3.8) is 0 Å². The highest BCUT2D eigenvalue weighted by molar-refractivity contribution is 4.93. The Morgan fingerprint density at radius 1 is 1.50 bits per heavy atom. The molecule has 10 heavy (non-hydrogen) atoms. The fourth-order valence-corrected chi connectivity index (χ4v) is 0.706. The van der Waals surface area contributed by atoms with Gasteiger partial charge in [0, 0.05) is 12.3 Å². The maximum atomic E-state index is 8.27.